The Hall–Kier alpha value is -7.42. The average Bonchev–Trinajstić information content (AvgIpc) is 3.36. The van der Waals surface area contributed by atoms with E-state index in [1.165, 1.54) is 100 Å². The Kier molecular flexibility index (Phi) is 21.0. The molecule has 0 aromatic heterocycles. The van der Waals surface area contributed by atoms with Crippen LogP contribution >= 0.6 is 0 Å². The number of rotatable bonds is 10. The molecule has 9 rings (SSSR count). The lowest BCUT2D eigenvalue weighted by Crippen LogP contribution is -2.18. The van der Waals surface area contributed by atoms with Gasteiger partial charge in [0.1, 0.15) is 23.0 Å². The number of hydrogen-bond acceptors (Lipinski definition) is 2. The number of benzene rings is 9. The van der Waals surface area contributed by atoms with Gasteiger partial charge < -0.3 is 9.47 Å². The fourth-order valence-electron chi connectivity index (χ4n) is 8.68. The van der Waals surface area contributed by atoms with Gasteiger partial charge in [-0.2, -0.15) is 0 Å². The van der Waals surface area contributed by atoms with E-state index in [0.717, 1.165) is 35.8 Å². The summed E-state index contributed by atoms with van der Waals surface area (Å²) in [5.41, 5.74) is 24.1. The second-order valence-electron chi connectivity index (χ2n) is 20.7. The van der Waals surface area contributed by atoms with Crippen LogP contribution in [0.3, 0.4) is 0 Å². The summed E-state index contributed by atoms with van der Waals surface area (Å²) in [5.74, 6) is 3.37. The zero-order valence-corrected chi connectivity index (χ0v) is 46.2. The molecule has 382 valence electrons. The van der Waals surface area contributed by atoms with Crippen LogP contribution in [0.2, 0.25) is 0 Å². The maximum absolute atomic E-state index is 5.97. The SMILES string of the molecule is C.Cc1cc(Cc2cc(C)c(C)c(C)c2)cc(C)c1C.Cc1ccc(Cc2ccc(C)cc2)cc1.Cc1ccc(Oc2ccc(C(C)(C)c3ccc(Oc4ccc(C)cc4)cc3)cc2)cc1.Cc1cccc(C)c1. The number of ether oxygens (including phenoxy) is 2. The molecule has 9 aromatic carbocycles. The summed E-state index contributed by atoms with van der Waals surface area (Å²) in [6.45, 7) is 30.3. The van der Waals surface area contributed by atoms with Gasteiger partial charge in [-0.25, -0.2) is 0 Å². The lowest BCUT2D eigenvalue weighted by Gasteiger charge is -2.26. The monoisotopic (exact) mass is 979 g/mol. The van der Waals surface area contributed by atoms with Gasteiger partial charge in [-0.1, -0.05) is 200 Å². The van der Waals surface area contributed by atoms with Gasteiger partial charge in [-0.05, 0) is 211 Å². The van der Waals surface area contributed by atoms with Crippen molar-refractivity contribution < 1.29 is 9.47 Å². The van der Waals surface area contributed by atoms with Gasteiger partial charge >= 0.3 is 0 Å². The van der Waals surface area contributed by atoms with Crippen molar-refractivity contribution in [1.29, 1.82) is 0 Å². The van der Waals surface area contributed by atoms with E-state index in [1.54, 1.807) is 0 Å². The maximum atomic E-state index is 5.97. The minimum Gasteiger partial charge on any atom is -0.457 e. The van der Waals surface area contributed by atoms with Crippen LogP contribution in [0.5, 0.6) is 23.0 Å². The molecule has 0 aliphatic heterocycles. The standard InChI is InChI=1S/C29H28O2.C19H24.C15H16.C8H10.CH4/c1-21-5-13-25(14-6-21)30-27-17-9-23(10-18-27)29(3,4)24-11-19-28(20-12-24)31-26-15-7-22(2)8-16-26;1-12-7-18(8-13(2)16(12)5)11-19-9-14(3)17(6)15(4)10-19;1-12-3-7-14(8-4-12)11-15-9-5-13(2)6-10-15;1-7-4-3-5-8(2)6-7;/h5-20H,1-4H3;7-10H,11H2,1-6H3;3-10H,11H2,1-2H3;3-6H,1-2H3;1H4. The smallest absolute Gasteiger partial charge is 0.127 e. The van der Waals surface area contributed by atoms with Crippen LogP contribution in [0.15, 0.2) is 194 Å². The molecule has 74 heavy (non-hydrogen) atoms. The molecule has 2 heteroatoms. The van der Waals surface area contributed by atoms with Gasteiger partial charge in [0, 0.05) is 5.41 Å². The van der Waals surface area contributed by atoms with E-state index in [2.05, 4.69) is 243 Å². The lowest BCUT2D eigenvalue weighted by molar-refractivity contribution is 0.481. The summed E-state index contributed by atoms with van der Waals surface area (Å²) in [6.07, 6.45) is 2.06. The molecule has 0 aliphatic carbocycles. The number of aryl methyl sites for hydroxylation is 10. The highest BCUT2D eigenvalue weighted by atomic mass is 16.5. The molecule has 0 heterocycles. The lowest BCUT2D eigenvalue weighted by atomic mass is 9.78. The van der Waals surface area contributed by atoms with E-state index < -0.39 is 0 Å². The molecule has 0 fully saturated rings. The van der Waals surface area contributed by atoms with Gasteiger partial charge in [0.15, 0.2) is 0 Å². The van der Waals surface area contributed by atoms with Crippen LogP contribution in [-0.4, -0.2) is 0 Å². The molecule has 0 atom stereocenters. The minimum absolute atomic E-state index is 0. The van der Waals surface area contributed by atoms with Crippen molar-refractivity contribution in [1.82, 2.24) is 0 Å². The molecule has 9 aromatic rings. The maximum Gasteiger partial charge on any atom is 0.127 e. The van der Waals surface area contributed by atoms with Crippen molar-refractivity contribution in [2.75, 3.05) is 0 Å². The molecule has 0 saturated carbocycles. The zero-order valence-electron chi connectivity index (χ0n) is 46.2. The van der Waals surface area contributed by atoms with E-state index in [-0.39, 0.29) is 12.8 Å². The topological polar surface area (TPSA) is 18.5 Å². The summed E-state index contributed by atoms with van der Waals surface area (Å²) >= 11 is 0. The molecule has 0 unspecified atom stereocenters. The zero-order chi connectivity index (χ0) is 52.7. The highest BCUT2D eigenvalue weighted by Gasteiger charge is 2.23. The van der Waals surface area contributed by atoms with E-state index in [4.69, 9.17) is 9.47 Å². The summed E-state index contributed by atoms with van der Waals surface area (Å²) in [6, 6.07) is 68.1. The Bertz CT molecular complexity index is 2880. The van der Waals surface area contributed by atoms with Gasteiger partial charge in [0.25, 0.3) is 0 Å². The van der Waals surface area contributed by atoms with E-state index in [0.29, 0.717) is 0 Å². The third-order valence-corrected chi connectivity index (χ3v) is 13.9. The first-order valence-electron chi connectivity index (χ1n) is 25.8. The van der Waals surface area contributed by atoms with E-state index >= 15 is 0 Å². The molecular formula is C72H82O2. The fraction of sp³-hybridized carbons (Fsp3) is 0.250. The molecule has 0 radical (unpaired) electrons. The Morgan fingerprint density at radius 3 is 0.811 bits per heavy atom. The van der Waals surface area contributed by atoms with Gasteiger partial charge in [-0.3, -0.25) is 0 Å². The highest BCUT2D eigenvalue weighted by molar-refractivity contribution is 5.45. The fourth-order valence-corrected chi connectivity index (χ4v) is 8.68. The van der Waals surface area contributed by atoms with Gasteiger partial charge in [0.05, 0.1) is 0 Å². The quantitative estimate of drug-likeness (QED) is 0.136. The van der Waals surface area contributed by atoms with Crippen LogP contribution in [0.25, 0.3) is 0 Å². The summed E-state index contributed by atoms with van der Waals surface area (Å²) in [4.78, 5) is 0. The van der Waals surface area contributed by atoms with Crippen molar-refractivity contribution in [2.24, 2.45) is 0 Å². The molecule has 0 aliphatic rings. The molecule has 0 amide bonds. The molecule has 0 saturated heterocycles. The van der Waals surface area contributed by atoms with Crippen LogP contribution in [-0.2, 0) is 18.3 Å². The highest BCUT2D eigenvalue weighted by Crippen LogP contribution is 2.35. The van der Waals surface area contributed by atoms with Crippen molar-refractivity contribution in [3.63, 3.8) is 0 Å². The summed E-state index contributed by atoms with van der Waals surface area (Å²) in [7, 11) is 0. The summed E-state index contributed by atoms with van der Waals surface area (Å²) in [5, 5.41) is 0. The van der Waals surface area contributed by atoms with Crippen molar-refractivity contribution in [2.45, 2.75) is 123 Å². The third kappa shape index (κ3) is 17.4. The largest absolute Gasteiger partial charge is 0.457 e. The molecule has 0 bridgehead atoms. The average molecular weight is 979 g/mol. The predicted molar refractivity (Wildman–Crippen MR) is 319 cm³/mol. The second kappa shape index (κ2) is 27.0. The first kappa shape index (κ1) is 57.5. The van der Waals surface area contributed by atoms with E-state index in [9.17, 15) is 0 Å². The Morgan fingerprint density at radius 1 is 0.284 bits per heavy atom. The Balaban J connectivity index is 0.000000201. The summed E-state index contributed by atoms with van der Waals surface area (Å²) < 4.78 is 11.9. The normalized spacial score (nSPS) is 10.6. The van der Waals surface area contributed by atoms with Crippen LogP contribution in [0.1, 0.15) is 121 Å². The molecule has 2 nitrogen and oxygen atoms in total. The Morgan fingerprint density at radius 2 is 0.541 bits per heavy atom. The molecule has 0 N–H and O–H groups in total. The van der Waals surface area contributed by atoms with Gasteiger partial charge in [-0.15, -0.1) is 0 Å². The van der Waals surface area contributed by atoms with Crippen LogP contribution in [0, 0.1) is 83.1 Å². The van der Waals surface area contributed by atoms with Gasteiger partial charge in [0.2, 0.25) is 0 Å². The number of hydrogen-bond donors (Lipinski definition) is 0. The van der Waals surface area contributed by atoms with Crippen LogP contribution < -0.4 is 9.47 Å². The third-order valence-electron chi connectivity index (χ3n) is 13.9. The van der Waals surface area contributed by atoms with E-state index in [1.807, 2.05) is 48.5 Å². The van der Waals surface area contributed by atoms with Crippen LogP contribution in [0.4, 0.5) is 0 Å². The predicted octanol–water partition coefficient (Wildman–Crippen LogP) is 20.2. The first-order valence-corrected chi connectivity index (χ1v) is 25.8. The Labute approximate surface area is 447 Å². The second-order valence-corrected chi connectivity index (χ2v) is 20.7. The van der Waals surface area contributed by atoms with Crippen molar-refractivity contribution in [3.05, 3.63) is 294 Å². The first-order chi connectivity index (χ1) is 34.8. The van der Waals surface area contributed by atoms with Crippen molar-refractivity contribution >= 4 is 0 Å². The molecular weight excluding hydrogens is 897 g/mol. The molecule has 0 spiro atoms. The van der Waals surface area contributed by atoms with Crippen molar-refractivity contribution in [3.8, 4) is 23.0 Å². The minimum atomic E-state index is -0.134.